The first-order valence-corrected chi connectivity index (χ1v) is 10.3. The fraction of sp³-hybridized carbons (Fsp3) is 0.571. The van der Waals surface area contributed by atoms with Gasteiger partial charge in [-0.1, -0.05) is 5.16 Å². The van der Waals surface area contributed by atoms with Gasteiger partial charge in [-0.05, 0) is 51.2 Å². The topological polar surface area (TPSA) is 99.2 Å². The van der Waals surface area contributed by atoms with Crippen LogP contribution in [0.3, 0.4) is 0 Å². The quantitative estimate of drug-likeness (QED) is 0.635. The maximum absolute atomic E-state index is 13.0. The number of hydrogen-bond donors (Lipinski definition) is 0. The molecule has 1 saturated heterocycles. The number of hydrogen-bond acceptors (Lipinski definition) is 7. The van der Waals surface area contributed by atoms with Crippen molar-refractivity contribution in [1.29, 1.82) is 0 Å². The molecule has 1 amide bonds. The van der Waals surface area contributed by atoms with E-state index in [-0.39, 0.29) is 11.8 Å². The van der Waals surface area contributed by atoms with Gasteiger partial charge >= 0.3 is 0 Å². The minimum Gasteiger partial charge on any atom is -0.479 e. The number of carbonyl (C=O) groups is 1. The SMILES string of the molecule is COc1nn(C)c2nc(C)c(CCC(=O)N3CCCC(c4nc(C)no4)C3)c(C)c12. The number of rotatable bonds is 5. The molecule has 1 unspecified atom stereocenters. The van der Waals surface area contributed by atoms with E-state index in [9.17, 15) is 4.79 Å². The number of piperidine rings is 1. The summed E-state index contributed by atoms with van der Waals surface area (Å²) in [4.78, 5) is 24.0. The van der Waals surface area contributed by atoms with E-state index in [0.717, 1.165) is 47.2 Å². The Kier molecular flexibility index (Phi) is 5.44. The lowest BCUT2D eigenvalue weighted by Crippen LogP contribution is -2.39. The van der Waals surface area contributed by atoms with Gasteiger partial charge in [0.1, 0.15) is 0 Å². The molecular formula is C21H28N6O3. The van der Waals surface area contributed by atoms with Gasteiger partial charge in [-0.2, -0.15) is 4.98 Å². The van der Waals surface area contributed by atoms with Crippen LogP contribution in [-0.2, 0) is 18.3 Å². The van der Waals surface area contributed by atoms with Crippen LogP contribution in [0.25, 0.3) is 11.0 Å². The molecule has 9 nitrogen and oxygen atoms in total. The highest BCUT2D eigenvalue weighted by Crippen LogP contribution is 2.31. The molecule has 1 aliphatic rings. The predicted octanol–water partition coefficient (Wildman–Crippen LogP) is 2.62. The third-order valence-electron chi connectivity index (χ3n) is 5.97. The molecule has 3 aromatic rings. The Morgan fingerprint density at radius 2 is 2.07 bits per heavy atom. The highest BCUT2D eigenvalue weighted by atomic mass is 16.5. The molecule has 160 valence electrons. The van der Waals surface area contributed by atoms with Gasteiger partial charge in [-0.3, -0.25) is 4.79 Å². The third kappa shape index (κ3) is 3.64. The van der Waals surface area contributed by atoms with E-state index in [1.807, 2.05) is 25.8 Å². The molecule has 0 spiro atoms. The Labute approximate surface area is 175 Å². The lowest BCUT2D eigenvalue weighted by atomic mass is 9.96. The molecule has 9 heteroatoms. The lowest BCUT2D eigenvalue weighted by Gasteiger charge is -2.31. The second-order valence-corrected chi connectivity index (χ2v) is 7.99. The number of likely N-dealkylation sites (tertiary alicyclic amines) is 1. The molecular weight excluding hydrogens is 384 g/mol. The number of ether oxygens (including phenoxy) is 1. The molecule has 0 aliphatic carbocycles. The Morgan fingerprint density at radius 1 is 1.27 bits per heavy atom. The van der Waals surface area contributed by atoms with E-state index in [4.69, 9.17) is 14.2 Å². The Balaban J connectivity index is 1.49. The summed E-state index contributed by atoms with van der Waals surface area (Å²) in [5, 5.41) is 9.19. The first-order chi connectivity index (χ1) is 14.4. The molecule has 0 saturated carbocycles. The van der Waals surface area contributed by atoms with E-state index in [2.05, 4.69) is 22.2 Å². The van der Waals surface area contributed by atoms with E-state index in [1.54, 1.807) is 11.8 Å². The summed E-state index contributed by atoms with van der Waals surface area (Å²) in [6.45, 7) is 7.25. The van der Waals surface area contributed by atoms with E-state index >= 15 is 0 Å². The van der Waals surface area contributed by atoms with Crippen molar-refractivity contribution < 1.29 is 14.1 Å². The monoisotopic (exact) mass is 412 g/mol. The Morgan fingerprint density at radius 3 is 2.77 bits per heavy atom. The highest BCUT2D eigenvalue weighted by molar-refractivity contribution is 5.86. The Hall–Kier alpha value is -2.97. The molecule has 1 aliphatic heterocycles. The maximum Gasteiger partial charge on any atom is 0.242 e. The van der Waals surface area contributed by atoms with Crippen LogP contribution < -0.4 is 4.74 Å². The van der Waals surface area contributed by atoms with Crippen molar-refractivity contribution in [2.45, 2.75) is 52.4 Å². The number of aromatic nitrogens is 5. The van der Waals surface area contributed by atoms with Gasteiger partial charge < -0.3 is 14.2 Å². The molecule has 0 N–H and O–H groups in total. The number of fused-ring (bicyclic) bond motifs is 1. The second kappa shape index (κ2) is 8.04. The average molecular weight is 412 g/mol. The van der Waals surface area contributed by atoms with Crippen molar-refractivity contribution in [1.82, 2.24) is 29.8 Å². The van der Waals surface area contributed by atoms with Crippen LogP contribution in [0, 0.1) is 20.8 Å². The van der Waals surface area contributed by atoms with Crippen LogP contribution in [0.2, 0.25) is 0 Å². The number of nitrogens with zero attached hydrogens (tertiary/aromatic N) is 6. The molecule has 4 rings (SSSR count). The van der Waals surface area contributed by atoms with Crippen molar-refractivity contribution in [3.8, 4) is 5.88 Å². The highest BCUT2D eigenvalue weighted by Gasteiger charge is 2.28. The normalized spacial score (nSPS) is 17.0. The van der Waals surface area contributed by atoms with Crippen LogP contribution in [0.4, 0.5) is 0 Å². The summed E-state index contributed by atoms with van der Waals surface area (Å²) >= 11 is 0. The summed E-state index contributed by atoms with van der Waals surface area (Å²) < 4.78 is 12.5. The van der Waals surface area contributed by atoms with E-state index in [0.29, 0.717) is 37.0 Å². The fourth-order valence-electron chi connectivity index (χ4n) is 4.38. The minimum absolute atomic E-state index is 0.116. The summed E-state index contributed by atoms with van der Waals surface area (Å²) in [5.41, 5.74) is 3.89. The molecule has 0 bridgehead atoms. The number of pyridine rings is 1. The van der Waals surface area contributed by atoms with E-state index < -0.39 is 0 Å². The minimum atomic E-state index is 0.116. The molecule has 4 heterocycles. The summed E-state index contributed by atoms with van der Waals surface area (Å²) in [5.74, 6) is 2.10. The zero-order valence-corrected chi connectivity index (χ0v) is 18.2. The molecule has 1 fully saturated rings. The van der Waals surface area contributed by atoms with Crippen LogP contribution in [-0.4, -0.2) is 55.9 Å². The van der Waals surface area contributed by atoms with Gasteiger partial charge in [-0.25, -0.2) is 9.67 Å². The van der Waals surface area contributed by atoms with Crippen LogP contribution in [0.5, 0.6) is 5.88 Å². The zero-order chi connectivity index (χ0) is 21.4. The van der Waals surface area contributed by atoms with Gasteiger partial charge in [0.2, 0.25) is 17.7 Å². The Bertz CT molecular complexity index is 1090. The van der Waals surface area contributed by atoms with Crippen molar-refractivity contribution in [2.75, 3.05) is 20.2 Å². The largest absolute Gasteiger partial charge is 0.479 e. The molecule has 0 radical (unpaired) electrons. The maximum atomic E-state index is 13.0. The van der Waals surface area contributed by atoms with Crippen LogP contribution in [0.1, 0.15) is 53.7 Å². The van der Waals surface area contributed by atoms with Crippen LogP contribution >= 0.6 is 0 Å². The third-order valence-corrected chi connectivity index (χ3v) is 5.97. The summed E-state index contributed by atoms with van der Waals surface area (Å²) in [7, 11) is 3.47. The summed E-state index contributed by atoms with van der Waals surface area (Å²) in [6, 6.07) is 0. The van der Waals surface area contributed by atoms with Crippen molar-refractivity contribution >= 4 is 16.9 Å². The summed E-state index contributed by atoms with van der Waals surface area (Å²) in [6.07, 6.45) is 2.98. The van der Waals surface area contributed by atoms with Crippen molar-refractivity contribution in [3.05, 3.63) is 28.5 Å². The first kappa shape index (κ1) is 20.3. The van der Waals surface area contributed by atoms with Gasteiger partial charge in [-0.15, -0.1) is 5.10 Å². The number of carbonyl (C=O) groups excluding carboxylic acids is 1. The zero-order valence-electron chi connectivity index (χ0n) is 18.2. The van der Waals surface area contributed by atoms with Crippen molar-refractivity contribution in [2.24, 2.45) is 7.05 Å². The predicted molar refractivity (Wildman–Crippen MR) is 110 cm³/mol. The smallest absolute Gasteiger partial charge is 0.242 e. The molecule has 1 atom stereocenters. The van der Waals surface area contributed by atoms with Gasteiger partial charge in [0.15, 0.2) is 11.5 Å². The van der Waals surface area contributed by atoms with Gasteiger partial charge in [0.05, 0.1) is 18.4 Å². The van der Waals surface area contributed by atoms with Gasteiger partial charge in [0, 0.05) is 32.3 Å². The number of aryl methyl sites for hydroxylation is 4. The van der Waals surface area contributed by atoms with Crippen molar-refractivity contribution in [3.63, 3.8) is 0 Å². The molecule has 0 aromatic carbocycles. The average Bonchev–Trinajstić information content (AvgIpc) is 3.31. The standard InChI is InChI=1S/C21H28N6O3/c1-12-16(13(2)22-19-18(12)21(29-5)24-26(19)4)8-9-17(28)27-10-6-7-15(11-27)20-23-14(3)25-30-20/h15H,6-11H2,1-5H3. The van der Waals surface area contributed by atoms with Gasteiger partial charge in [0.25, 0.3) is 0 Å². The first-order valence-electron chi connectivity index (χ1n) is 10.3. The fourth-order valence-corrected chi connectivity index (χ4v) is 4.38. The number of methoxy groups -OCH3 is 1. The number of amides is 1. The van der Waals surface area contributed by atoms with E-state index in [1.165, 1.54) is 0 Å². The lowest BCUT2D eigenvalue weighted by molar-refractivity contribution is -0.132. The second-order valence-electron chi connectivity index (χ2n) is 7.99. The van der Waals surface area contributed by atoms with Crippen LogP contribution in [0.15, 0.2) is 4.52 Å². The molecule has 30 heavy (non-hydrogen) atoms. The molecule has 3 aromatic heterocycles.